The lowest BCUT2D eigenvalue weighted by Gasteiger charge is -2.42. The highest BCUT2D eigenvalue weighted by molar-refractivity contribution is 5.70. The van der Waals surface area contributed by atoms with Crippen molar-refractivity contribution < 1.29 is 38.1 Å². The van der Waals surface area contributed by atoms with Crippen molar-refractivity contribution >= 4 is 17.9 Å². The molecule has 10 nitrogen and oxygen atoms in total. The number of esters is 3. The summed E-state index contributed by atoms with van der Waals surface area (Å²) in [5.41, 5.74) is 2.77. The van der Waals surface area contributed by atoms with Gasteiger partial charge in [-0.15, -0.1) is 0 Å². The fraction of sp³-hybridized carbons (Fsp3) is 0.808. The molecule has 0 amide bonds. The fourth-order valence-electron chi connectivity index (χ4n) is 9.81. The van der Waals surface area contributed by atoms with E-state index in [1.165, 1.54) is 11.1 Å². The molecule has 2 heterocycles. The van der Waals surface area contributed by atoms with Crippen molar-refractivity contribution in [2.75, 3.05) is 19.8 Å². The Balaban J connectivity index is 1.38. The summed E-state index contributed by atoms with van der Waals surface area (Å²) in [5.74, 6) is 1.62. The number of allylic oxidation sites excluding steroid dienone is 4. The van der Waals surface area contributed by atoms with Gasteiger partial charge in [0.2, 0.25) is 0 Å². The number of rotatable bonds is 26. The van der Waals surface area contributed by atoms with Crippen molar-refractivity contribution in [3.63, 3.8) is 0 Å². The largest absolute Gasteiger partial charge is 0.466 e. The highest BCUT2D eigenvalue weighted by atomic mass is 16.7. The van der Waals surface area contributed by atoms with Crippen molar-refractivity contribution in [3.05, 3.63) is 42.0 Å². The molecule has 10 heteroatoms. The molecule has 0 spiro atoms. The van der Waals surface area contributed by atoms with Crippen LogP contribution in [0.4, 0.5) is 0 Å². The van der Waals surface area contributed by atoms with Gasteiger partial charge in [-0.3, -0.25) is 14.4 Å². The Kier molecular flexibility index (Phi) is 24.1. The van der Waals surface area contributed by atoms with Gasteiger partial charge < -0.3 is 28.3 Å². The number of nitrogens with zero attached hydrogens (tertiary/aromatic N) is 2. The van der Waals surface area contributed by atoms with E-state index in [1.54, 1.807) is 12.5 Å². The Bertz CT molecular complexity index is 1500. The lowest BCUT2D eigenvalue weighted by atomic mass is 9.64. The van der Waals surface area contributed by atoms with E-state index in [0.29, 0.717) is 88.6 Å². The number of ether oxygens (including phenoxy) is 5. The molecule has 2 aliphatic rings. The average molecular weight is 869 g/mol. The molecule has 62 heavy (non-hydrogen) atoms. The normalized spacial score (nSPS) is 25.6. The van der Waals surface area contributed by atoms with E-state index in [9.17, 15) is 14.4 Å². The molecule has 8 atom stereocenters. The number of hydrogen-bond donors (Lipinski definition) is 0. The van der Waals surface area contributed by atoms with Gasteiger partial charge in [0.05, 0.1) is 26.0 Å². The molecule has 1 aromatic rings. The average Bonchev–Trinajstić information content (AvgIpc) is 3.79. The van der Waals surface area contributed by atoms with Gasteiger partial charge in [0.25, 0.3) is 0 Å². The van der Waals surface area contributed by atoms with Crippen molar-refractivity contribution in [1.29, 1.82) is 0 Å². The van der Waals surface area contributed by atoms with Crippen molar-refractivity contribution in [2.24, 2.45) is 34.5 Å². The smallest absolute Gasteiger partial charge is 0.306 e. The molecule has 2 fully saturated rings. The van der Waals surface area contributed by atoms with Crippen LogP contribution in [0.2, 0.25) is 0 Å². The zero-order valence-electron chi connectivity index (χ0n) is 40.9. The molecule has 1 aliphatic heterocycles. The fourth-order valence-corrected chi connectivity index (χ4v) is 9.81. The molecule has 1 aliphatic carbocycles. The van der Waals surface area contributed by atoms with Gasteiger partial charge >= 0.3 is 17.9 Å². The van der Waals surface area contributed by atoms with Gasteiger partial charge in [-0.2, -0.15) is 0 Å². The van der Waals surface area contributed by atoms with Crippen LogP contribution in [0, 0.1) is 34.5 Å². The summed E-state index contributed by atoms with van der Waals surface area (Å²) < 4.78 is 32.1. The molecular formula is C52H88N2O8. The molecule has 1 saturated heterocycles. The zero-order chi connectivity index (χ0) is 45.5. The highest BCUT2D eigenvalue weighted by Gasteiger charge is 2.56. The first kappa shape index (κ1) is 53.4. The summed E-state index contributed by atoms with van der Waals surface area (Å²) in [5, 5.41) is 0. The summed E-state index contributed by atoms with van der Waals surface area (Å²) in [6.07, 6.45) is 24.2. The molecule has 0 bridgehead atoms. The van der Waals surface area contributed by atoms with Gasteiger partial charge in [0.15, 0.2) is 6.29 Å². The first-order chi connectivity index (χ1) is 29.5. The lowest BCUT2D eigenvalue weighted by molar-refractivity contribution is -0.164. The van der Waals surface area contributed by atoms with Crippen molar-refractivity contribution in [2.45, 2.75) is 216 Å². The van der Waals surface area contributed by atoms with E-state index in [1.807, 2.05) is 10.8 Å². The minimum absolute atomic E-state index is 0.0896. The highest BCUT2D eigenvalue weighted by Crippen LogP contribution is 2.58. The van der Waals surface area contributed by atoms with Crippen LogP contribution < -0.4 is 0 Å². The van der Waals surface area contributed by atoms with Gasteiger partial charge in [-0.05, 0) is 140 Å². The molecule has 0 N–H and O–H groups in total. The summed E-state index contributed by atoms with van der Waals surface area (Å²) >= 11 is 0. The first-order valence-electron chi connectivity index (χ1n) is 24.6. The Morgan fingerprint density at radius 1 is 0.839 bits per heavy atom. The van der Waals surface area contributed by atoms with Crippen LogP contribution in [-0.2, 0) is 44.6 Å². The SMILES string of the molecule is CCC1(C)C(C)C[C@@H](OC(=O)CCCC(CCCCCCOC(=O)CCC2OCCC(C)C(CC=C(C)C)C(CCC=C(C)C)CCO2)OC(=O)CCCn2ccnc2)C1(C)C. The second-order valence-corrected chi connectivity index (χ2v) is 20.0. The molecule has 3 rings (SSSR count). The molecule has 1 saturated carbocycles. The van der Waals surface area contributed by atoms with Crippen LogP contribution in [0.5, 0.6) is 0 Å². The Hall–Kier alpha value is -2.98. The predicted molar refractivity (Wildman–Crippen MR) is 248 cm³/mol. The number of carbonyl (C=O) groups is 3. The summed E-state index contributed by atoms with van der Waals surface area (Å²) in [4.78, 5) is 42.7. The number of aromatic nitrogens is 2. The third kappa shape index (κ3) is 18.6. The van der Waals surface area contributed by atoms with Crippen LogP contribution in [0.3, 0.4) is 0 Å². The second kappa shape index (κ2) is 28.0. The van der Waals surface area contributed by atoms with Crippen LogP contribution in [-0.4, -0.2) is 65.8 Å². The summed E-state index contributed by atoms with van der Waals surface area (Å²) in [6, 6.07) is 0. The second-order valence-electron chi connectivity index (χ2n) is 20.0. The topological polar surface area (TPSA) is 115 Å². The summed E-state index contributed by atoms with van der Waals surface area (Å²) in [6.45, 7) is 24.7. The molecule has 7 unspecified atom stereocenters. The van der Waals surface area contributed by atoms with Crippen LogP contribution in [0.25, 0.3) is 0 Å². The Labute approximate surface area is 377 Å². The van der Waals surface area contributed by atoms with E-state index in [-0.39, 0.29) is 47.4 Å². The zero-order valence-corrected chi connectivity index (χ0v) is 40.9. The first-order valence-corrected chi connectivity index (χ1v) is 24.6. The Morgan fingerprint density at radius 3 is 2.21 bits per heavy atom. The molecular weight excluding hydrogens is 781 g/mol. The lowest BCUT2D eigenvalue weighted by Crippen LogP contribution is -2.40. The van der Waals surface area contributed by atoms with E-state index in [4.69, 9.17) is 23.7 Å². The van der Waals surface area contributed by atoms with Gasteiger partial charge in [-0.25, -0.2) is 4.98 Å². The number of carbonyl (C=O) groups excluding carboxylic acids is 3. The van der Waals surface area contributed by atoms with E-state index >= 15 is 0 Å². The van der Waals surface area contributed by atoms with Crippen LogP contribution in [0.15, 0.2) is 42.0 Å². The maximum Gasteiger partial charge on any atom is 0.306 e. The number of aryl methyl sites for hydroxylation is 1. The predicted octanol–water partition coefficient (Wildman–Crippen LogP) is 12.5. The quantitative estimate of drug-likeness (QED) is 0.0388. The Morgan fingerprint density at radius 2 is 1.53 bits per heavy atom. The van der Waals surface area contributed by atoms with Gasteiger partial charge in [0, 0.05) is 50.2 Å². The third-order valence-electron chi connectivity index (χ3n) is 14.7. The van der Waals surface area contributed by atoms with Crippen molar-refractivity contribution in [3.8, 4) is 0 Å². The third-order valence-corrected chi connectivity index (χ3v) is 14.7. The van der Waals surface area contributed by atoms with E-state index < -0.39 is 6.29 Å². The monoisotopic (exact) mass is 869 g/mol. The number of imidazole rings is 1. The standard InChI is InChI=1S/C52H88N2O8/c1-11-52(10)42(7)37-46(51(52,8)9)62-49(57)23-17-22-44(61-48(56)24-18-32-54-33-31-53-38-54)21-14-12-13-15-34-58-47(55)27-28-50-59-35-29-41(6)45(26-25-40(4)5)43(30-36-60-50)20-16-19-39(2)3/h19,25,31,33,38,41-46,50H,11-18,20-24,26-30,32,34-37H2,1-10H3/t41?,42?,43?,44?,45?,46-,50?,52?/m1/s1. The molecule has 1 aromatic heterocycles. The minimum atomic E-state index is -0.396. The maximum absolute atomic E-state index is 13.1. The molecule has 0 aromatic carbocycles. The van der Waals surface area contributed by atoms with Gasteiger partial charge in [0.1, 0.15) is 12.2 Å². The van der Waals surface area contributed by atoms with Crippen LogP contribution in [0.1, 0.15) is 191 Å². The number of hydrogen-bond acceptors (Lipinski definition) is 9. The van der Waals surface area contributed by atoms with Gasteiger partial charge in [-0.1, -0.05) is 77.7 Å². The molecule has 0 radical (unpaired) electrons. The maximum atomic E-state index is 13.1. The van der Waals surface area contributed by atoms with Crippen molar-refractivity contribution in [1.82, 2.24) is 9.55 Å². The van der Waals surface area contributed by atoms with E-state index in [0.717, 1.165) is 77.0 Å². The van der Waals surface area contributed by atoms with E-state index in [2.05, 4.69) is 86.4 Å². The minimum Gasteiger partial charge on any atom is -0.466 e. The summed E-state index contributed by atoms with van der Waals surface area (Å²) in [7, 11) is 0. The molecule has 354 valence electrons. The number of unbranched alkanes of at least 4 members (excludes halogenated alkanes) is 3. The van der Waals surface area contributed by atoms with Crippen LogP contribution >= 0.6 is 0 Å².